The van der Waals surface area contributed by atoms with Gasteiger partial charge < -0.3 is 14.8 Å². The van der Waals surface area contributed by atoms with Crippen molar-refractivity contribution in [2.24, 2.45) is 5.10 Å². The first-order chi connectivity index (χ1) is 13.0. The number of rotatable bonds is 6. The maximum atomic E-state index is 11.9. The van der Waals surface area contributed by atoms with Crippen LogP contribution in [0.2, 0.25) is 0 Å². The monoisotopic (exact) mass is 429 g/mol. The van der Waals surface area contributed by atoms with Crippen LogP contribution < -0.4 is 20.2 Å². The van der Waals surface area contributed by atoms with E-state index in [0.29, 0.717) is 22.7 Å². The number of hydrogen-bond donors (Lipinski definition) is 2. The summed E-state index contributed by atoms with van der Waals surface area (Å²) >= 11 is 3.34. The van der Waals surface area contributed by atoms with Crippen LogP contribution in [0.4, 0.5) is 5.69 Å². The number of ether oxygens (including phenoxy) is 2. The lowest BCUT2D eigenvalue weighted by atomic mass is 10.2. The number of carbonyl (C=O) groups is 2. The van der Waals surface area contributed by atoms with Crippen LogP contribution in [0, 0.1) is 12.3 Å². The van der Waals surface area contributed by atoms with Gasteiger partial charge in [0.2, 0.25) is 0 Å². The first-order valence-electron chi connectivity index (χ1n) is 7.67. The van der Waals surface area contributed by atoms with Gasteiger partial charge in [-0.25, -0.2) is 5.43 Å². The van der Waals surface area contributed by atoms with Crippen molar-refractivity contribution in [1.29, 1.82) is 0 Å². The molecular formula is C19H16BrN3O4. The highest BCUT2D eigenvalue weighted by atomic mass is 79.9. The second-order valence-electron chi connectivity index (χ2n) is 5.06. The third-order valence-electron chi connectivity index (χ3n) is 3.21. The van der Waals surface area contributed by atoms with Gasteiger partial charge in [-0.2, -0.15) is 5.10 Å². The zero-order chi connectivity index (χ0) is 19.6. The molecule has 0 radical (unpaired) electrons. The average molecular weight is 430 g/mol. The molecule has 2 amide bonds. The van der Waals surface area contributed by atoms with Crippen molar-refractivity contribution < 1.29 is 19.1 Å². The number of carbonyl (C=O) groups excluding carboxylic acids is 2. The lowest BCUT2D eigenvalue weighted by Gasteiger charge is -2.07. The van der Waals surface area contributed by atoms with Crippen molar-refractivity contribution in [2.45, 2.75) is 0 Å². The summed E-state index contributed by atoms with van der Waals surface area (Å²) < 4.78 is 11.2. The van der Waals surface area contributed by atoms with Gasteiger partial charge in [0.25, 0.3) is 0 Å². The van der Waals surface area contributed by atoms with Crippen molar-refractivity contribution in [2.75, 3.05) is 19.0 Å². The Balaban J connectivity index is 1.96. The number of nitrogens with zero attached hydrogens (tertiary/aromatic N) is 1. The molecule has 0 fully saturated rings. The van der Waals surface area contributed by atoms with Crippen molar-refractivity contribution in [3.63, 3.8) is 0 Å². The predicted molar refractivity (Wildman–Crippen MR) is 106 cm³/mol. The van der Waals surface area contributed by atoms with Gasteiger partial charge >= 0.3 is 11.8 Å². The van der Waals surface area contributed by atoms with Gasteiger partial charge in [-0.1, -0.05) is 21.9 Å². The Kier molecular flexibility index (Phi) is 7.40. The molecule has 2 aromatic carbocycles. The number of hydrazone groups is 1. The average Bonchev–Trinajstić information content (AvgIpc) is 2.67. The Labute approximate surface area is 164 Å². The van der Waals surface area contributed by atoms with Gasteiger partial charge in [0.15, 0.2) is 0 Å². The van der Waals surface area contributed by atoms with Crippen molar-refractivity contribution in [3.8, 4) is 23.8 Å². The zero-order valence-electron chi connectivity index (χ0n) is 14.4. The normalized spacial score (nSPS) is 10.1. The Morgan fingerprint density at radius 2 is 1.96 bits per heavy atom. The first kappa shape index (κ1) is 20.0. The fourth-order valence-electron chi connectivity index (χ4n) is 1.94. The van der Waals surface area contributed by atoms with Crippen molar-refractivity contribution in [1.82, 2.24) is 5.43 Å². The van der Waals surface area contributed by atoms with Gasteiger partial charge in [-0.05, 0) is 42.5 Å². The maximum absolute atomic E-state index is 11.9. The number of halogens is 1. The predicted octanol–water partition coefficient (Wildman–Crippen LogP) is 2.56. The van der Waals surface area contributed by atoms with E-state index in [1.54, 1.807) is 42.5 Å². The summed E-state index contributed by atoms with van der Waals surface area (Å²) in [4.78, 5) is 23.7. The van der Waals surface area contributed by atoms with E-state index in [-0.39, 0.29) is 6.61 Å². The molecule has 8 heteroatoms. The fraction of sp³-hybridized carbons (Fsp3) is 0.105. The molecule has 2 rings (SSSR count). The quantitative estimate of drug-likeness (QED) is 0.319. The van der Waals surface area contributed by atoms with Gasteiger partial charge in [-0.3, -0.25) is 9.59 Å². The molecule has 0 saturated carbocycles. The molecule has 0 unspecified atom stereocenters. The van der Waals surface area contributed by atoms with Crippen LogP contribution in [0.5, 0.6) is 11.5 Å². The third-order valence-corrected chi connectivity index (χ3v) is 3.70. The summed E-state index contributed by atoms with van der Waals surface area (Å²) in [6.07, 6.45) is 6.54. The van der Waals surface area contributed by atoms with E-state index in [1.807, 2.05) is 0 Å². The SMILES string of the molecule is C#CCOc1ccc(Br)cc1/C=N/NC(=O)C(=O)Nc1ccc(OC)cc1. The summed E-state index contributed by atoms with van der Waals surface area (Å²) in [7, 11) is 1.54. The van der Waals surface area contributed by atoms with E-state index in [9.17, 15) is 9.59 Å². The summed E-state index contributed by atoms with van der Waals surface area (Å²) in [5, 5.41) is 6.24. The van der Waals surface area contributed by atoms with Crippen molar-refractivity contribution >= 4 is 39.6 Å². The summed E-state index contributed by atoms with van der Waals surface area (Å²) in [6, 6.07) is 11.8. The van der Waals surface area contributed by atoms with E-state index in [2.05, 4.69) is 37.7 Å². The lowest BCUT2D eigenvalue weighted by Crippen LogP contribution is -2.32. The number of amides is 2. The molecule has 0 saturated heterocycles. The van der Waals surface area contributed by atoms with Gasteiger partial charge in [0, 0.05) is 15.7 Å². The van der Waals surface area contributed by atoms with Crippen LogP contribution in [0.25, 0.3) is 0 Å². The molecule has 0 aliphatic heterocycles. The fourth-order valence-corrected chi connectivity index (χ4v) is 2.32. The minimum Gasteiger partial charge on any atom is -0.497 e. The molecule has 0 aromatic heterocycles. The molecule has 7 nitrogen and oxygen atoms in total. The molecule has 0 atom stereocenters. The van der Waals surface area contributed by atoms with Crippen molar-refractivity contribution in [3.05, 3.63) is 52.5 Å². The summed E-state index contributed by atoms with van der Waals surface area (Å²) in [5.41, 5.74) is 3.19. The second-order valence-corrected chi connectivity index (χ2v) is 5.97. The highest BCUT2D eigenvalue weighted by Crippen LogP contribution is 2.21. The Bertz CT molecular complexity index is 889. The summed E-state index contributed by atoms with van der Waals surface area (Å²) in [5.74, 6) is 1.74. The first-order valence-corrected chi connectivity index (χ1v) is 8.47. The van der Waals surface area contributed by atoms with E-state index in [4.69, 9.17) is 15.9 Å². The molecule has 0 bridgehead atoms. The lowest BCUT2D eigenvalue weighted by molar-refractivity contribution is -0.136. The van der Waals surface area contributed by atoms with Crippen LogP contribution in [0.15, 0.2) is 52.0 Å². The zero-order valence-corrected chi connectivity index (χ0v) is 15.9. The number of benzene rings is 2. The standard InChI is InChI=1S/C19H16BrN3O4/c1-3-10-27-17-9-4-14(20)11-13(17)12-21-23-19(25)18(24)22-15-5-7-16(26-2)8-6-15/h1,4-9,11-12H,10H2,2H3,(H,22,24)(H,23,25)/b21-12+. The Hall–Kier alpha value is -3.31. The van der Waals surface area contributed by atoms with E-state index in [1.165, 1.54) is 13.3 Å². The van der Waals surface area contributed by atoms with Gasteiger partial charge in [0.1, 0.15) is 18.1 Å². The van der Waals surface area contributed by atoms with E-state index in [0.717, 1.165) is 4.47 Å². The molecule has 0 spiro atoms. The van der Waals surface area contributed by atoms with Crippen LogP contribution in [-0.2, 0) is 9.59 Å². The highest BCUT2D eigenvalue weighted by molar-refractivity contribution is 9.10. The molecule has 0 aliphatic carbocycles. The Morgan fingerprint density at radius 3 is 2.63 bits per heavy atom. The molecule has 2 N–H and O–H groups in total. The molecule has 138 valence electrons. The number of methoxy groups -OCH3 is 1. The van der Waals surface area contributed by atoms with Gasteiger partial charge in [-0.15, -0.1) is 6.42 Å². The minimum atomic E-state index is -0.914. The van der Waals surface area contributed by atoms with E-state index < -0.39 is 11.8 Å². The summed E-state index contributed by atoms with van der Waals surface area (Å²) in [6.45, 7) is 0.0963. The number of nitrogens with one attached hydrogen (secondary N) is 2. The second kappa shape index (κ2) is 9.99. The molecule has 27 heavy (non-hydrogen) atoms. The van der Waals surface area contributed by atoms with Crippen LogP contribution in [-0.4, -0.2) is 31.7 Å². The molecular weight excluding hydrogens is 414 g/mol. The number of hydrogen-bond acceptors (Lipinski definition) is 5. The molecule has 2 aromatic rings. The van der Waals surface area contributed by atoms with Crippen LogP contribution in [0.1, 0.15) is 5.56 Å². The van der Waals surface area contributed by atoms with Crippen LogP contribution in [0.3, 0.4) is 0 Å². The van der Waals surface area contributed by atoms with Crippen LogP contribution >= 0.6 is 15.9 Å². The maximum Gasteiger partial charge on any atom is 0.329 e. The molecule has 0 heterocycles. The van der Waals surface area contributed by atoms with E-state index >= 15 is 0 Å². The largest absolute Gasteiger partial charge is 0.497 e. The number of terminal acetylenes is 1. The molecule has 0 aliphatic rings. The number of anilines is 1. The smallest absolute Gasteiger partial charge is 0.329 e. The Morgan fingerprint density at radius 1 is 1.22 bits per heavy atom. The minimum absolute atomic E-state index is 0.0963. The topological polar surface area (TPSA) is 89.0 Å². The van der Waals surface area contributed by atoms with Gasteiger partial charge in [0.05, 0.1) is 13.3 Å². The highest BCUT2D eigenvalue weighted by Gasteiger charge is 2.13. The third kappa shape index (κ3) is 6.17.